The van der Waals surface area contributed by atoms with Crippen LogP contribution in [-0.2, 0) is 0 Å². The summed E-state index contributed by atoms with van der Waals surface area (Å²) in [6, 6.07) is 7.01. The van der Waals surface area contributed by atoms with E-state index in [1.54, 1.807) is 18.2 Å². The third-order valence-corrected chi connectivity index (χ3v) is 4.52. The van der Waals surface area contributed by atoms with Crippen LogP contribution in [-0.4, -0.2) is 22.1 Å². The van der Waals surface area contributed by atoms with E-state index < -0.39 is 11.6 Å². The molecule has 2 heterocycles. The van der Waals surface area contributed by atoms with Gasteiger partial charge >= 0.3 is 0 Å². The largest absolute Gasteiger partial charge is 0.490 e. The van der Waals surface area contributed by atoms with Crippen molar-refractivity contribution in [2.75, 3.05) is 6.61 Å². The van der Waals surface area contributed by atoms with Gasteiger partial charge in [0.15, 0.2) is 10.9 Å². The molecule has 3 rings (SSSR count). The molecule has 2 aromatic heterocycles. The van der Waals surface area contributed by atoms with Crippen molar-refractivity contribution in [2.24, 2.45) is 11.7 Å². The zero-order chi connectivity index (χ0) is 20.5. The van der Waals surface area contributed by atoms with Crippen molar-refractivity contribution in [1.29, 1.82) is 0 Å². The predicted molar refractivity (Wildman–Crippen MR) is 107 cm³/mol. The number of pyridine rings is 2. The quantitative estimate of drug-likeness (QED) is 0.560. The van der Waals surface area contributed by atoms with Crippen molar-refractivity contribution < 1.29 is 13.5 Å². The molecule has 148 valence electrons. The zero-order valence-electron chi connectivity index (χ0n) is 16.0. The van der Waals surface area contributed by atoms with Gasteiger partial charge in [0.2, 0.25) is 0 Å². The standard InChI is InChI=1S/C21H22ClF2N3O/c1-12(10-21(2,3)25)11-28-18-5-4-16(27-20(18)22)14-6-7-26-17-9-13(23)8-15(24)19(14)17/h4-9,12H,10-11,25H2,1-3H3/t12-/m0/s1. The number of fused-ring (bicyclic) bond motifs is 1. The van der Waals surface area contributed by atoms with E-state index in [9.17, 15) is 8.78 Å². The number of hydrogen-bond donors (Lipinski definition) is 1. The summed E-state index contributed by atoms with van der Waals surface area (Å²) in [6.45, 7) is 6.44. The molecule has 28 heavy (non-hydrogen) atoms. The maximum Gasteiger partial charge on any atom is 0.171 e. The highest BCUT2D eigenvalue weighted by atomic mass is 35.5. The molecule has 0 aliphatic heterocycles. The lowest BCUT2D eigenvalue weighted by Crippen LogP contribution is -2.35. The van der Waals surface area contributed by atoms with Crippen LogP contribution in [0, 0.1) is 17.6 Å². The number of nitrogens with two attached hydrogens (primary N) is 1. The van der Waals surface area contributed by atoms with Gasteiger partial charge in [0, 0.05) is 34.8 Å². The maximum absolute atomic E-state index is 14.3. The Morgan fingerprint density at radius 2 is 1.96 bits per heavy atom. The minimum atomic E-state index is -0.699. The highest BCUT2D eigenvalue weighted by Gasteiger charge is 2.18. The number of benzene rings is 1. The summed E-state index contributed by atoms with van der Waals surface area (Å²) in [5.74, 6) is -0.699. The molecule has 0 spiro atoms. The molecule has 0 amide bonds. The maximum atomic E-state index is 14.3. The van der Waals surface area contributed by atoms with Crippen molar-refractivity contribution in [3.63, 3.8) is 0 Å². The van der Waals surface area contributed by atoms with Crippen molar-refractivity contribution in [3.05, 3.63) is 53.3 Å². The molecule has 1 atom stereocenters. The van der Waals surface area contributed by atoms with Crippen molar-refractivity contribution >= 4 is 22.5 Å². The molecule has 0 unspecified atom stereocenters. The van der Waals surface area contributed by atoms with Gasteiger partial charge < -0.3 is 10.5 Å². The van der Waals surface area contributed by atoms with Crippen LogP contribution in [0.15, 0.2) is 36.5 Å². The summed E-state index contributed by atoms with van der Waals surface area (Å²) >= 11 is 6.28. The number of hydrogen-bond acceptors (Lipinski definition) is 4. The Kier molecular flexibility index (Phi) is 5.82. The van der Waals surface area contributed by atoms with E-state index in [1.807, 2.05) is 13.8 Å². The van der Waals surface area contributed by atoms with Gasteiger partial charge in [-0.25, -0.2) is 13.8 Å². The summed E-state index contributed by atoms with van der Waals surface area (Å²) in [7, 11) is 0. The average molecular weight is 406 g/mol. The number of nitrogens with zero attached hydrogens (tertiary/aromatic N) is 2. The van der Waals surface area contributed by atoms with E-state index in [0.29, 0.717) is 23.6 Å². The second-order valence-electron chi connectivity index (χ2n) is 7.73. The first-order chi connectivity index (χ1) is 13.1. The molecular weight excluding hydrogens is 384 g/mol. The average Bonchev–Trinajstić information content (AvgIpc) is 2.58. The van der Waals surface area contributed by atoms with Gasteiger partial charge in [0.1, 0.15) is 11.6 Å². The molecule has 2 N–H and O–H groups in total. The highest BCUT2D eigenvalue weighted by molar-refractivity contribution is 6.31. The third-order valence-electron chi connectivity index (χ3n) is 4.25. The fraction of sp³-hybridized carbons (Fsp3) is 0.333. The Balaban J connectivity index is 1.86. The first-order valence-electron chi connectivity index (χ1n) is 8.96. The summed E-state index contributed by atoms with van der Waals surface area (Å²) in [6.07, 6.45) is 2.28. The lowest BCUT2D eigenvalue weighted by Gasteiger charge is -2.23. The first kappa shape index (κ1) is 20.4. The molecule has 0 aliphatic carbocycles. The van der Waals surface area contributed by atoms with E-state index in [4.69, 9.17) is 22.1 Å². The van der Waals surface area contributed by atoms with Crippen LogP contribution < -0.4 is 10.5 Å². The van der Waals surface area contributed by atoms with Gasteiger partial charge in [-0.1, -0.05) is 18.5 Å². The van der Waals surface area contributed by atoms with Crippen molar-refractivity contribution in [3.8, 4) is 17.0 Å². The van der Waals surface area contributed by atoms with Crippen LogP contribution in [0.2, 0.25) is 5.15 Å². The minimum Gasteiger partial charge on any atom is -0.490 e. The Morgan fingerprint density at radius 3 is 2.64 bits per heavy atom. The molecule has 7 heteroatoms. The third kappa shape index (κ3) is 4.75. The molecule has 0 saturated carbocycles. The lowest BCUT2D eigenvalue weighted by molar-refractivity contribution is 0.229. The normalized spacial score (nSPS) is 13.0. The molecule has 4 nitrogen and oxygen atoms in total. The summed E-state index contributed by atoms with van der Waals surface area (Å²) < 4.78 is 33.6. The van der Waals surface area contributed by atoms with Crippen molar-refractivity contribution in [1.82, 2.24) is 9.97 Å². The van der Waals surface area contributed by atoms with E-state index in [-0.39, 0.29) is 27.5 Å². The molecule has 0 bridgehead atoms. The zero-order valence-corrected chi connectivity index (χ0v) is 16.7. The van der Waals surface area contributed by atoms with Crippen LogP contribution in [0.4, 0.5) is 8.78 Å². The van der Waals surface area contributed by atoms with Crippen LogP contribution >= 0.6 is 11.6 Å². The Morgan fingerprint density at radius 1 is 1.21 bits per heavy atom. The predicted octanol–water partition coefficient (Wildman–Crippen LogP) is 5.37. The second kappa shape index (κ2) is 7.97. The van der Waals surface area contributed by atoms with E-state index in [1.165, 1.54) is 12.3 Å². The molecule has 3 aromatic rings. The Hall–Kier alpha value is -2.31. The first-order valence-corrected chi connectivity index (χ1v) is 9.34. The minimum absolute atomic E-state index is 0.171. The highest BCUT2D eigenvalue weighted by Crippen LogP contribution is 2.32. The van der Waals surface area contributed by atoms with Crippen molar-refractivity contribution in [2.45, 2.75) is 32.7 Å². The van der Waals surface area contributed by atoms with Crippen LogP contribution in [0.3, 0.4) is 0 Å². The number of ether oxygens (including phenoxy) is 1. The van der Waals surface area contributed by atoms with Crippen LogP contribution in [0.1, 0.15) is 27.2 Å². The van der Waals surface area contributed by atoms with Crippen LogP contribution in [0.5, 0.6) is 5.75 Å². The lowest BCUT2D eigenvalue weighted by atomic mass is 9.93. The van der Waals surface area contributed by atoms with E-state index in [0.717, 1.165) is 12.5 Å². The molecule has 1 aromatic carbocycles. The molecule has 0 fully saturated rings. The van der Waals surface area contributed by atoms with Gasteiger partial charge in [0.05, 0.1) is 17.8 Å². The topological polar surface area (TPSA) is 61.0 Å². The summed E-state index contributed by atoms with van der Waals surface area (Å²) in [4.78, 5) is 8.37. The Labute approximate surface area is 167 Å². The SMILES string of the molecule is C[C@H](COc1ccc(-c2ccnc3cc(F)cc(F)c23)nc1Cl)CC(C)(C)N. The number of rotatable bonds is 6. The fourth-order valence-corrected chi connectivity index (χ4v) is 3.49. The van der Waals surface area contributed by atoms with Crippen LogP contribution in [0.25, 0.3) is 22.2 Å². The van der Waals surface area contributed by atoms with Gasteiger partial charge in [-0.2, -0.15) is 0 Å². The number of halogens is 3. The molecule has 0 radical (unpaired) electrons. The summed E-state index contributed by atoms with van der Waals surface area (Å²) in [5.41, 5.74) is 6.90. The molecular formula is C21H22ClF2N3O. The monoisotopic (exact) mass is 405 g/mol. The Bertz CT molecular complexity index is 1000. The van der Waals surface area contributed by atoms with Gasteiger partial charge in [-0.3, -0.25) is 4.98 Å². The summed E-state index contributed by atoms with van der Waals surface area (Å²) in [5, 5.41) is 0.365. The van der Waals surface area contributed by atoms with E-state index in [2.05, 4.69) is 16.9 Å². The second-order valence-corrected chi connectivity index (χ2v) is 8.09. The number of aromatic nitrogens is 2. The fourth-order valence-electron chi connectivity index (χ4n) is 3.29. The van der Waals surface area contributed by atoms with Gasteiger partial charge in [-0.05, 0) is 44.4 Å². The molecule has 0 saturated heterocycles. The van der Waals surface area contributed by atoms with Gasteiger partial charge in [-0.15, -0.1) is 0 Å². The smallest absolute Gasteiger partial charge is 0.171 e. The van der Waals surface area contributed by atoms with Gasteiger partial charge in [0.25, 0.3) is 0 Å². The van der Waals surface area contributed by atoms with E-state index >= 15 is 0 Å². The molecule has 0 aliphatic rings.